The first-order chi connectivity index (χ1) is 7.34. The van der Waals surface area contributed by atoms with Gasteiger partial charge in [-0.05, 0) is 0 Å². The average Bonchev–Trinajstić information content (AvgIpc) is 2.21. The monoisotopic (exact) mass is 249 g/mol. The van der Waals surface area contributed by atoms with Crippen molar-refractivity contribution in [1.82, 2.24) is 0 Å². The molecule has 0 aliphatic carbocycles. The van der Waals surface area contributed by atoms with Crippen molar-refractivity contribution in [3.8, 4) is 0 Å². The average molecular weight is 249 g/mol. The number of hydrogen-bond acceptors (Lipinski definition) is 5. The Balaban J connectivity index is 3.76. The van der Waals surface area contributed by atoms with Crippen LogP contribution in [0.5, 0.6) is 0 Å². The van der Waals surface area contributed by atoms with Crippen molar-refractivity contribution in [1.29, 1.82) is 0 Å². The van der Waals surface area contributed by atoms with Gasteiger partial charge in [-0.2, -0.15) is 0 Å². The molecule has 0 fully saturated rings. The molecule has 0 aliphatic rings. The largest absolute Gasteiger partial charge is 0.698 e. The summed E-state index contributed by atoms with van der Waals surface area (Å²) >= 11 is 0. The molecular weight excluding hydrogens is 231 g/mol. The van der Waals surface area contributed by atoms with Gasteiger partial charge in [0.25, 0.3) is 0 Å². The highest BCUT2D eigenvalue weighted by atomic mass is 31.1. The fraction of sp³-hybridized carbons (Fsp3) is 0.800. The van der Waals surface area contributed by atoms with E-state index in [1.165, 1.54) is 0 Å². The molecule has 0 spiro atoms. The van der Waals surface area contributed by atoms with Gasteiger partial charge in [-0.25, -0.2) is 0 Å². The first-order valence-corrected chi connectivity index (χ1v) is 6.22. The van der Waals surface area contributed by atoms with Crippen molar-refractivity contribution in [3.63, 3.8) is 0 Å². The summed E-state index contributed by atoms with van der Waals surface area (Å²) in [4.78, 5) is 22.2. The van der Waals surface area contributed by atoms with E-state index in [9.17, 15) is 14.2 Å². The minimum Gasteiger partial charge on any atom is -0.297 e. The molecule has 5 nitrogen and oxygen atoms in total. The molecule has 0 aromatic carbocycles. The van der Waals surface area contributed by atoms with E-state index < -0.39 is 8.25 Å². The molecule has 0 N–H and O–H groups in total. The fourth-order valence-corrected chi connectivity index (χ4v) is 1.14. The zero-order valence-electron chi connectivity index (χ0n) is 10.1. The van der Waals surface area contributed by atoms with Crippen molar-refractivity contribution in [2.75, 3.05) is 13.2 Å². The van der Waals surface area contributed by atoms with Crippen LogP contribution in [0.2, 0.25) is 0 Å². The van der Waals surface area contributed by atoms with Crippen LogP contribution in [0.3, 0.4) is 0 Å². The van der Waals surface area contributed by atoms with E-state index in [4.69, 9.17) is 0 Å². The predicted octanol–water partition coefficient (Wildman–Crippen LogP) is 2.13. The van der Waals surface area contributed by atoms with Crippen LogP contribution < -0.4 is 0 Å². The van der Waals surface area contributed by atoms with Gasteiger partial charge in [0, 0.05) is 16.4 Å². The lowest BCUT2D eigenvalue weighted by molar-refractivity contribution is -0.124. The second-order valence-electron chi connectivity index (χ2n) is 4.01. The third-order valence-electron chi connectivity index (χ3n) is 1.91. The van der Waals surface area contributed by atoms with Crippen LogP contribution in [0.4, 0.5) is 0 Å². The van der Waals surface area contributed by atoms with E-state index in [0.29, 0.717) is 0 Å². The fourth-order valence-electron chi connectivity index (χ4n) is 0.603. The summed E-state index contributed by atoms with van der Waals surface area (Å²) in [7, 11) is -2.39. The Kier molecular flexibility index (Phi) is 7.30. The Morgan fingerprint density at radius 3 is 1.50 bits per heavy atom. The summed E-state index contributed by atoms with van der Waals surface area (Å²) in [6.45, 7) is 6.40. The van der Waals surface area contributed by atoms with Crippen LogP contribution in [-0.4, -0.2) is 24.8 Å². The number of carbonyl (C=O) groups is 2. The van der Waals surface area contributed by atoms with Crippen LogP contribution >= 0.6 is 8.25 Å². The lowest BCUT2D eigenvalue weighted by atomic mass is 10.1. The van der Waals surface area contributed by atoms with E-state index in [0.717, 1.165) is 0 Å². The van der Waals surface area contributed by atoms with Crippen LogP contribution in [0, 0.1) is 11.8 Å². The Morgan fingerprint density at radius 2 is 1.25 bits per heavy atom. The maximum atomic E-state index is 11.1. The van der Waals surface area contributed by atoms with E-state index in [2.05, 4.69) is 9.05 Å². The Bertz CT molecular complexity index is 246. The van der Waals surface area contributed by atoms with Gasteiger partial charge in [-0.1, -0.05) is 27.7 Å². The molecule has 0 unspecified atom stereocenters. The van der Waals surface area contributed by atoms with E-state index in [1.807, 2.05) is 0 Å². The van der Waals surface area contributed by atoms with E-state index in [-0.39, 0.29) is 36.6 Å². The molecule has 0 amide bonds. The molecule has 0 saturated heterocycles. The van der Waals surface area contributed by atoms with E-state index in [1.54, 1.807) is 27.7 Å². The topological polar surface area (TPSA) is 69.7 Å². The molecular formula is C10H18O5P+. The van der Waals surface area contributed by atoms with Crippen LogP contribution in [0.15, 0.2) is 0 Å². The van der Waals surface area contributed by atoms with Crippen molar-refractivity contribution in [2.45, 2.75) is 27.7 Å². The van der Waals surface area contributed by atoms with Gasteiger partial charge in [0.15, 0.2) is 24.8 Å². The van der Waals surface area contributed by atoms with Crippen molar-refractivity contribution >= 4 is 19.8 Å². The van der Waals surface area contributed by atoms with Gasteiger partial charge < -0.3 is 0 Å². The number of Topliss-reactive ketones (excluding diaryl/α,β-unsaturated/α-hetero) is 2. The molecule has 0 heterocycles. The first-order valence-electron chi connectivity index (χ1n) is 5.13. The van der Waals surface area contributed by atoms with Crippen LogP contribution in [0.25, 0.3) is 0 Å². The van der Waals surface area contributed by atoms with Gasteiger partial charge in [0.2, 0.25) is 0 Å². The molecule has 0 bridgehead atoms. The molecule has 6 heteroatoms. The molecule has 0 aromatic heterocycles. The zero-order chi connectivity index (χ0) is 12.7. The quantitative estimate of drug-likeness (QED) is 0.616. The van der Waals surface area contributed by atoms with Crippen molar-refractivity contribution < 1.29 is 23.2 Å². The summed E-state index contributed by atoms with van der Waals surface area (Å²) in [6, 6.07) is 0. The number of ketones is 2. The van der Waals surface area contributed by atoms with Gasteiger partial charge in [-0.15, -0.1) is 9.05 Å². The minimum atomic E-state index is -2.39. The molecule has 0 rings (SSSR count). The van der Waals surface area contributed by atoms with Gasteiger partial charge in [0.05, 0.1) is 0 Å². The minimum absolute atomic E-state index is 0.151. The number of carbonyl (C=O) groups excluding carboxylic acids is 2. The second-order valence-corrected chi connectivity index (χ2v) is 4.98. The maximum Gasteiger partial charge on any atom is 0.698 e. The third-order valence-corrected chi connectivity index (χ3v) is 2.59. The summed E-state index contributed by atoms with van der Waals surface area (Å²) in [6.07, 6.45) is 0. The predicted molar refractivity (Wildman–Crippen MR) is 59.2 cm³/mol. The first kappa shape index (κ1) is 15.4. The number of rotatable bonds is 8. The molecule has 0 atom stereocenters. The van der Waals surface area contributed by atoms with Crippen molar-refractivity contribution in [3.05, 3.63) is 0 Å². The lowest BCUT2D eigenvalue weighted by Gasteiger charge is -1.99. The highest BCUT2D eigenvalue weighted by Crippen LogP contribution is 2.23. The maximum absolute atomic E-state index is 11.1. The van der Waals surface area contributed by atoms with E-state index >= 15 is 0 Å². The number of hydrogen-bond donors (Lipinski definition) is 0. The summed E-state index contributed by atoms with van der Waals surface area (Å²) in [5.41, 5.74) is 0. The molecule has 92 valence electrons. The molecule has 16 heavy (non-hydrogen) atoms. The summed E-state index contributed by atoms with van der Waals surface area (Å²) in [5.74, 6) is -0.634. The Labute approximate surface area is 96.5 Å². The highest BCUT2D eigenvalue weighted by molar-refractivity contribution is 7.33. The molecule has 0 aliphatic heterocycles. The Hall–Kier alpha value is -0.640. The van der Waals surface area contributed by atoms with Gasteiger partial charge in [-0.3, -0.25) is 9.59 Å². The molecule has 0 saturated carbocycles. The lowest BCUT2D eigenvalue weighted by Crippen LogP contribution is -2.14. The molecule has 0 radical (unpaired) electrons. The standard InChI is InChI=1S/C10H18O5P/c1-7(2)9(11)5-14-16(13)15-6-10(12)8(3)4/h7-8H,5-6H2,1-4H3/q+1. The molecule has 0 aromatic rings. The summed E-state index contributed by atoms with van der Waals surface area (Å²) < 4.78 is 20.5. The normalized spacial score (nSPS) is 10.9. The van der Waals surface area contributed by atoms with Gasteiger partial charge in [0.1, 0.15) is 0 Å². The van der Waals surface area contributed by atoms with Gasteiger partial charge >= 0.3 is 8.25 Å². The Morgan fingerprint density at radius 1 is 0.938 bits per heavy atom. The van der Waals surface area contributed by atoms with Crippen LogP contribution in [-0.2, 0) is 23.2 Å². The SMILES string of the molecule is CC(C)C(=O)CO[P+](=O)OCC(=O)C(C)C. The van der Waals surface area contributed by atoms with Crippen molar-refractivity contribution in [2.24, 2.45) is 11.8 Å². The summed E-state index contributed by atoms with van der Waals surface area (Å²) in [5, 5.41) is 0. The zero-order valence-corrected chi connectivity index (χ0v) is 11.0. The van der Waals surface area contributed by atoms with Crippen LogP contribution in [0.1, 0.15) is 27.7 Å². The third kappa shape index (κ3) is 6.77. The highest BCUT2D eigenvalue weighted by Gasteiger charge is 2.25. The smallest absolute Gasteiger partial charge is 0.297 e. The second kappa shape index (κ2) is 7.60.